The van der Waals surface area contributed by atoms with E-state index in [2.05, 4.69) is 11.4 Å². The molecule has 0 atom stereocenters. The molecule has 3 N–H and O–H groups in total. The van der Waals surface area contributed by atoms with E-state index in [4.69, 9.17) is 5.73 Å². The Balaban J connectivity index is 0.00000176. The van der Waals surface area contributed by atoms with E-state index in [1.54, 1.807) is 17.4 Å². The van der Waals surface area contributed by atoms with Gasteiger partial charge in [-0.3, -0.25) is 4.79 Å². The van der Waals surface area contributed by atoms with Crippen LogP contribution in [0, 0.1) is 0 Å². The van der Waals surface area contributed by atoms with Crippen molar-refractivity contribution in [2.24, 2.45) is 0 Å². The van der Waals surface area contributed by atoms with Gasteiger partial charge in [0.25, 0.3) is 5.91 Å². The Kier molecular flexibility index (Phi) is 5.86. The van der Waals surface area contributed by atoms with Gasteiger partial charge in [-0.15, -0.1) is 23.7 Å². The zero-order valence-corrected chi connectivity index (χ0v) is 14.1. The molecule has 0 radical (unpaired) electrons. The number of aryl methyl sites for hydroxylation is 2. The molecule has 0 saturated heterocycles. The van der Waals surface area contributed by atoms with Crippen LogP contribution in [0.1, 0.15) is 45.8 Å². The highest BCUT2D eigenvalue weighted by atomic mass is 35.5. The molecule has 5 heteroatoms. The summed E-state index contributed by atoms with van der Waals surface area (Å²) in [5, 5.41) is 2.91. The van der Waals surface area contributed by atoms with Gasteiger partial charge in [0.05, 0.1) is 16.3 Å². The number of para-hydroxylation sites is 2. The third-order valence-corrected chi connectivity index (χ3v) is 5.17. The molecule has 1 aromatic heterocycles. The van der Waals surface area contributed by atoms with Gasteiger partial charge in [0.15, 0.2) is 0 Å². The van der Waals surface area contributed by atoms with E-state index in [0.717, 1.165) is 17.7 Å². The highest BCUT2D eigenvalue weighted by molar-refractivity contribution is 7.14. The van der Waals surface area contributed by atoms with E-state index in [1.165, 1.54) is 36.1 Å². The lowest BCUT2D eigenvalue weighted by molar-refractivity contribution is 0.103. The van der Waals surface area contributed by atoms with Crippen molar-refractivity contribution in [1.29, 1.82) is 0 Å². The average Bonchev–Trinajstić information content (AvgIpc) is 2.84. The first-order valence-electron chi connectivity index (χ1n) is 7.51. The molecule has 1 amide bonds. The Morgan fingerprint density at radius 1 is 1.09 bits per heavy atom. The number of hydrogen-bond acceptors (Lipinski definition) is 3. The summed E-state index contributed by atoms with van der Waals surface area (Å²) in [6.07, 6.45) is 7.29. The molecule has 0 unspecified atom stereocenters. The number of nitrogens with two attached hydrogens (primary N) is 1. The largest absolute Gasteiger partial charge is 0.397 e. The second kappa shape index (κ2) is 7.65. The maximum Gasteiger partial charge on any atom is 0.265 e. The molecular weight excluding hydrogens is 316 g/mol. The highest BCUT2D eigenvalue weighted by Gasteiger charge is 2.16. The summed E-state index contributed by atoms with van der Waals surface area (Å²) in [6.45, 7) is 0. The van der Waals surface area contributed by atoms with Crippen LogP contribution in [0.2, 0.25) is 0 Å². The van der Waals surface area contributed by atoms with E-state index in [0.29, 0.717) is 11.4 Å². The number of rotatable bonds is 2. The Labute approximate surface area is 141 Å². The van der Waals surface area contributed by atoms with Crippen LogP contribution in [0.15, 0.2) is 30.3 Å². The number of halogens is 1. The Hall–Kier alpha value is -1.52. The number of thiophene rings is 1. The Bertz CT molecular complexity index is 628. The quantitative estimate of drug-likeness (QED) is 0.783. The van der Waals surface area contributed by atoms with Gasteiger partial charge < -0.3 is 11.1 Å². The number of carbonyl (C=O) groups excluding carboxylic acids is 1. The third-order valence-electron chi connectivity index (χ3n) is 3.93. The first kappa shape index (κ1) is 16.8. The van der Waals surface area contributed by atoms with Gasteiger partial charge in [-0.1, -0.05) is 25.0 Å². The molecule has 0 spiro atoms. The monoisotopic (exact) mass is 336 g/mol. The number of carbonyl (C=O) groups is 1. The minimum absolute atomic E-state index is 0. The standard InChI is InChI=1S/C17H20N2OS.ClH/c18-13-8-5-6-9-14(13)19-17(20)16-11-12-7-3-1-2-4-10-15(12)21-16;/h5-6,8-9,11H,1-4,7,10,18H2,(H,19,20);1H. The van der Waals surface area contributed by atoms with Crippen molar-refractivity contribution < 1.29 is 4.79 Å². The summed E-state index contributed by atoms with van der Waals surface area (Å²) in [4.78, 5) is 14.6. The fraction of sp³-hybridized carbons (Fsp3) is 0.353. The normalized spacial score (nSPS) is 14.2. The zero-order valence-electron chi connectivity index (χ0n) is 12.4. The summed E-state index contributed by atoms with van der Waals surface area (Å²) in [6, 6.07) is 9.43. The molecule has 2 aromatic rings. The highest BCUT2D eigenvalue weighted by Crippen LogP contribution is 2.29. The van der Waals surface area contributed by atoms with Gasteiger partial charge in [0.1, 0.15) is 0 Å². The van der Waals surface area contributed by atoms with Crippen molar-refractivity contribution in [3.8, 4) is 0 Å². The van der Waals surface area contributed by atoms with Gasteiger partial charge in [-0.25, -0.2) is 0 Å². The Morgan fingerprint density at radius 2 is 1.82 bits per heavy atom. The van der Waals surface area contributed by atoms with Crippen molar-refractivity contribution >= 4 is 41.0 Å². The molecule has 3 rings (SSSR count). The van der Waals surface area contributed by atoms with Crippen LogP contribution in [0.25, 0.3) is 0 Å². The van der Waals surface area contributed by atoms with E-state index < -0.39 is 0 Å². The van der Waals surface area contributed by atoms with E-state index in [9.17, 15) is 4.79 Å². The maximum atomic E-state index is 12.4. The van der Waals surface area contributed by atoms with Crippen molar-refractivity contribution in [2.45, 2.75) is 38.5 Å². The van der Waals surface area contributed by atoms with E-state index >= 15 is 0 Å². The van der Waals surface area contributed by atoms with Crippen LogP contribution in [-0.4, -0.2) is 5.91 Å². The minimum Gasteiger partial charge on any atom is -0.397 e. The lowest BCUT2D eigenvalue weighted by Crippen LogP contribution is -2.11. The summed E-state index contributed by atoms with van der Waals surface area (Å²) >= 11 is 1.64. The van der Waals surface area contributed by atoms with Gasteiger partial charge in [-0.2, -0.15) is 0 Å². The Morgan fingerprint density at radius 3 is 2.59 bits per heavy atom. The van der Waals surface area contributed by atoms with Crippen LogP contribution in [0.4, 0.5) is 11.4 Å². The van der Waals surface area contributed by atoms with Gasteiger partial charge in [0.2, 0.25) is 0 Å². The molecule has 0 aliphatic heterocycles. The molecular formula is C17H21ClN2OS. The molecule has 22 heavy (non-hydrogen) atoms. The SMILES string of the molecule is Cl.Nc1ccccc1NC(=O)c1cc2c(s1)CCCCCC2. The number of nitrogens with one attached hydrogen (secondary N) is 1. The molecule has 3 nitrogen and oxygen atoms in total. The number of anilines is 2. The van der Waals surface area contributed by atoms with Gasteiger partial charge >= 0.3 is 0 Å². The molecule has 0 bridgehead atoms. The van der Waals surface area contributed by atoms with Crippen LogP contribution in [0.3, 0.4) is 0 Å². The molecule has 1 heterocycles. The number of nitrogen functional groups attached to an aromatic ring is 1. The lowest BCUT2D eigenvalue weighted by atomic mass is 10.00. The van der Waals surface area contributed by atoms with Crippen LogP contribution < -0.4 is 11.1 Å². The number of fused-ring (bicyclic) bond motifs is 1. The predicted octanol–water partition coefficient (Wildman–Crippen LogP) is 4.66. The predicted molar refractivity (Wildman–Crippen MR) is 96.3 cm³/mol. The van der Waals surface area contributed by atoms with Crippen LogP contribution in [0.5, 0.6) is 0 Å². The van der Waals surface area contributed by atoms with Crippen molar-refractivity contribution in [2.75, 3.05) is 11.1 Å². The third kappa shape index (κ3) is 3.81. The van der Waals surface area contributed by atoms with Crippen molar-refractivity contribution in [3.63, 3.8) is 0 Å². The lowest BCUT2D eigenvalue weighted by Gasteiger charge is -2.07. The molecule has 1 aliphatic carbocycles. The number of benzene rings is 1. The van der Waals surface area contributed by atoms with Gasteiger partial charge in [-0.05, 0) is 49.4 Å². The fourth-order valence-electron chi connectivity index (χ4n) is 2.75. The summed E-state index contributed by atoms with van der Waals surface area (Å²) in [5.74, 6) is -0.0513. The second-order valence-corrected chi connectivity index (χ2v) is 6.65. The summed E-state index contributed by atoms with van der Waals surface area (Å²) in [5.41, 5.74) is 8.52. The second-order valence-electron chi connectivity index (χ2n) is 5.51. The molecule has 0 saturated carbocycles. The van der Waals surface area contributed by atoms with Gasteiger partial charge in [0, 0.05) is 4.88 Å². The first-order chi connectivity index (χ1) is 10.2. The van der Waals surface area contributed by atoms with Crippen LogP contribution >= 0.6 is 23.7 Å². The molecule has 0 fully saturated rings. The minimum atomic E-state index is -0.0513. The van der Waals surface area contributed by atoms with E-state index in [-0.39, 0.29) is 18.3 Å². The molecule has 118 valence electrons. The maximum absolute atomic E-state index is 12.4. The fourth-order valence-corrected chi connectivity index (χ4v) is 3.90. The summed E-state index contributed by atoms with van der Waals surface area (Å²) in [7, 11) is 0. The zero-order chi connectivity index (χ0) is 14.7. The molecule has 1 aliphatic rings. The first-order valence-corrected chi connectivity index (χ1v) is 8.33. The van der Waals surface area contributed by atoms with Crippen molar-refractivity contribution in [1.82, 2.24) is 0 Å². The average molecular weight is 337 g/mol. The summed E-state index contributed by atoms with van der Waals surface area (Å²) < 4.78 is 0. The van der Waals surface area contributed by atoms with E-state index in [1.807, 2.05) is 18.2 Å². The number of hydrogen-bond donors (Lipinski definition) is 2. The van der Waals surface area contributed by atoms with Crippen molar-refractivity contribution in [3.05, 3.63) is 45.6 Å². The van der Waals surface area contributed by atoms with Crippen LogP contribution in [-0.2, 0) is 12.8 Å². The molecule has 1 aromatic carbocycles. The number of amides is 1. The topological polar surface area (TPSA) is 55.1 Å². The smallest absolute Gasteiger partial charge is 0.265 e.